The van der Waals surface area contributed by atoms with Crippen LogP contribution in [0.3, 0.4) is 0 Å². The monoisotopic (exact) mass is 284 g/mol. The number of benzene rings is 1. The van der Waals surface area contributed by atoms with Gasteiger partial charge in [0, 0.05) is 24.9 Å². The van der Waals surface area contributed by atoms with Crippen LogP contribution in [0.4, 0.5) is 0 Å². The molecule has 21 heavy (non-hydrogen) atoms. The van der Waals surface area contributed by atoms with Crippen molar-refractivity contribution in [1.29, 1.82) is 5.26 Å². The Morgan fingerprint density at radius 3 is 3.05 bits per heavy atom. The fourth-order valence-corrected chi connectivity index (χ4v) is 4.36. The van der Waals surface area contributed by atoms with Crippen LogP contribution >= 0.6 is 0 Å². The van der Waals surface area contributed by atoms with Gasteiger partial charge in [-0.15, -0.1) is 0 Å². The topological polar surface area (TPSA) is 47.3 Å². The van der Waals surface area contributed by atoms with E-state index in [9.17, 15) is 5.11 Å². The first-order chi connectivity index (χ1) is 10.2. The van der Waals surface area contributed by atoms with Gasteiger partial charge in [-0.1, -0.05) is 19.1 Å². The number of fused-ring (bicyclic) bond motifs is 3. The highest BCUT2D eigenvalue weighted by molar-refractivity contribution is 5.44. The van der Waals surface area contributed by atoms with Crippen LogP contribution in [-0.4, -0.2) is 29.1 Å². The average molecular weight is 284 g/mol. The van der Waals surface area contributed by atoms with E-state index in [0.29, 0.717) is 30.0 Å². The fraction of sp³-hybridized carbons (Fsp3) is 0.611. The van der Waals surface area contributed by atoms with Crippen molar-refractivity contribution in [3.05, 3.63) is 29.3 Å². The minimum Gasteiger partial charge on any atom is -0.508 e. The van der Waals surface area contributed by atoms with E-state index < -0.39 is 0 Å². The molecule has 1 fully saturated rings. The lowest BCUT2D eigenvalue weighted by molar-refractivity contribution is 0.0763. The zero-order chi connectivity index (χ0) is 14.8. The molecule has 1 saturated heterocycles. The number of nitriles is 1. The highest BCUT2D eigenvalue weighted by Gasteiger charge is 2.39. The van der Waals surface area contributed by atoms with Gasteiger partial charge in [0.25, 0.3) is 0 Å². The Labute approximate surface area is 127 Å². The summed E-state index contributed by atoms with van der Waals surface area (Å²) in [4.78, 5) is 2.60. The zero-order valence-corrected chi connectivity index (χ0v) is 12.8. The van der Waals surface area contributed by atoms with Crippen LogP contribution in [0.2, 0.25) is 0 Å². The number of rotatable bonds is 3. The van der Waals surface area contributed by atoms with Gasteiger partial charge in [-0.3, -0.25) is 4.90 Å². The molecule has 0 unspecified atom stereocenters. The zero-order valence-electron chi connectivity index (χ0n) is 12.8. The van der Waals surface area contributed by atoms with E-state index in [1.807, 2.05) is 6.07 Å². The number of piperidine rings is 1. The third-order valence-corrected chi connectivity index (χ3v) is 5.18. The molecule has 0 spiro atoms. The number of phenolic OH excluding ortho intramolecular Hbond substituents is 1. The molecule has 1 N–H and O–H groups in total. The standard InChI is InChI=1S/C18H24N2O/c1-2-10-20-12-13(8-9-19)11-16-14-4-3-5-18(21)15(14)6-7-17(16)20/h3-5,13,16-17,21H,2,6-8,10-12H2,1H3/t13-,16-,17-/m1/s1. The summed E-state index contributed by atoms with van der Waals surface area (Å²) in [5, 5.41) is 19.2. The number of likely N-dealkylation sites (tertiary alicyclic amines) is 1. The fourth-order valence-electron chi connectivity index (χ4n) is 4.36. The van der Waals surface area contributed by atoms with Crippen molar-refractivity contribution in [2.75, 3.05) is 13.1 Å². The second-order valence-electron chi connectivity index (χ2n) is 6.52. The van der Waals surface area contributed by atoms with Crippen LogP contribution < -0.4 is 0 Å². The molecule has 1 aliphatic heterocycles. The molecule has 1 aliphatic carbocycles. The minimum absolute atomic E-state index is 0.454. The summed E-state index contributed by atoms with van der Waals surface area (Å²) in [6.45, 7) is 4.42. The quantitative estimate of drug-likeness (QED) is 0.925. The van der Waals surface area contributed by atoms with Crippen molar-refractivity contribution in [3.8, 4) is 11.8 Å². The maximum atomic E-state index is 10.1. The Balaban J connectivity index is 1.93. The molecule has 0 amide bonds. The number of phenols is 1. The van der Waals surface area contributed by atoms with Crippen LogP contribution in [0.25, 0.3) is 0 Å². The van der Waals surface area contributed by atoms with Crippen LogP contribution in [0.1, 0.15) is 49.7 Å². The first-order valence-corrected chi connectivity index (χ1v) is 8.16. The smallest absolute Gasteiger partial charge is 0.119 e. The number of aromatic hydroxyl groups is 1. The van der Waals surface area contributed by atoms with Gasteiger partial charge in [-0.05, 0) is 55.3 Å². The van der Waals surface area contributed by atoms with E-state index in [4.69, 9.17) is 5.26 Å². The second kappa shape index (κ2) is 6.07. The summed E-state index contributed by atoms with van der Waals surface area (Å²) < 4.78 is 0. The molecule has 3 rings (SSSR count). The maximum absolute atomic E-state index is 10.1. The van der Waals surface area contributed by atoms with Gasteiger partial charge >= 0.3 is 0 Å². The summed E-state index contributed by atoms with van der Waals surface area (Å²) in [5.74, 6) is 1.41. The Kier molecular flexibility index (Phi) is 4.17. The third kappa shape index (κ3) is 2.65. The van der Waals surface area contributed by atoms with E-state index >= 15 is 0 Å². The maximum Gasteiger partial charge on any atom is 0.119 e. The third-order valence-electron chi connectivity index (χ3n) is 5.18. The van der Waals surface area contributed by atoms with E-state index in [2.05, 4.69) is 24.0 Å². The predicted octanol–water partition coefficient (Wildman–Crippen LogP) is 3.44. The van der Waals surface area contributed by atoms with Gasteiger partial charge in [-0.25, -0.2) is 0 Å². The summed E-state index contributed by atoms with van der Waals surface area (Å²) in [7, 11) is 0. The van der Waals surface area contributed by atoms with Crippen LogP contribution in [-0.2, 0) is 6.42 Å². The van der Waals surface area contributed by atoms with Crippen molar-refractivity contribution in [2.24, 2.45) is 5.92 Å². The van der Waals surface area contributed by atoms with Gasteiger partial charge in [0.05, 0.1) is 6.07 Å². The Morgan fingerprint density at radius 2 is 2.29 bits per heavy atom. The lowest BCUT2D eigenvalue weighted by Crippen LogP contribution is -2.49. The van der Waals surface area contributed by atoms with Gasteiger partial charge < -0.3 is 5.11 Å². The second-order valence-corrected chi connectivity index (χ2v) is 6.52. The van der Waals surface area contributed by atoms with Crippen LogP contribution in [0.15, 0.2) is 18.2 Å². The van der Waals surface area contributed by atoms with E-state index in [1.165, 1.54) is 5.56 Å². The Bertz CT molecular complexity index is 549. The summed E-state index contributed by atoms with van der Waals surface area (Å²) in [6, 6.07) is 8.90. The molecule has 1 heterocycles. The molecule has 0 bridgehead atoms. The summed E-state index contributed by atoms with van der Waals surface area (Å²) in [5.41, 5.74) is 2.47. The lowest BCUT2D eigenvalue weighted by Gasteiger charge is -2.47. The first-order valence-electron chi connectivity index (χ1n) is 8.16. The van der Waals surface area contributed by atoms with E-state index in [1.54, 1.807) is 6.07 Å². The number of hydrogen-bond acceptors (Lipinski definition) is 3. The number of nitrogens with zero attached hydrogens (tertiary/aromatic N) is 2. The van der Waals surface area contributed by atoms with Crippen molar-refractivity contribution in [3.63, 3.8) is 0 Å². The molecule has 3 nitrogen and oxygen atoms in total. The van der Waals surface area contributed by atoms with Crippen molar-refractivity contribution >= 4 is 0 Å². The molecule has 2 aliphatic rings. The summed E-state index contributed by atoms with van der Waals surface area (Å²) >= 11 is 0. The lowest BCUT2D eigenvalue weighted by atomic mass is 9.71. The largest absolute Gasteiger partial charge is 0.508 e. The van der Waals surface area contributed by atoms with Gasteiger partial charge in [-0.2, -0.15) is 5.26 Å². The average Bonchev–Trinajstić information content (AvgIpc) is 2.48. The highest BCUT2D eigenvalue weighted by Crippen LogP contribution is 2.45. The SMILES string of the molecule is CCCN1C[C@H](CC#N)C[C@@H]2c3cccc(O)c3CC[C@H]21. The highest BCUT2D eigenvalue weighted by atomic mass is 16.3. The van der Waals surface area contributed by atoms with Crippen LogP contribution in [0.5, 0.6) is 5.75 Å². The van der Waals surface area contributed by atoms with Gasteiger partial charge in [0.1, 0.15) is 5.75 Å². The minimum atomic E-state index is 0.454. The Hall–Kier alpha value is -1.53. The first kappa shape index (κ1) is 14.4. The van der Waals surface area contributed by atoms with Crippen molar-refractivity contribution in [1.82, 2.24) is 4.90 Å². The normalized spacial score (nSPS) is 28.5. The van der Waals surface area contributed by atoms with Gasteiger partial charge in [0.2, 0.25) is 0 Å². The van der Waals surface area contributed by atoms with Gasteiger partial charge in [0.15, 0.2) is 0 Å². The summed E-state index contributed by atoms with van der Waals surface area (Å²) in [6.07, 6.45) is 5.02. The van der Waals surface area contributed by atoms with Crippen LogP contribution in [0, 0.1) is 17.2 Å². The molecule has 0 saturated carbocycles. The van der Waals surface area contributed by atoms with E-state index in [-0.39, 0.29) is 0 Å². The van der Waals surface area contributed by atoms with Crippen molar-refractivity contribution in [2.45, 2.75) is 51.0 Å². The number of hydrogen-bond donors (Lipinski definition) is 1. The van der Waals surface area contributed by atoms with Crippen molar-refractivity contribution < 1.29 is 5.11 Å². The molecule has 1 aromatic carbocycles. The molecule has 0 radical (unpaired) electrons. The molecular weight excluding hydrogens is 260 g/mol. The molecule has 0 aromatic heterocycles. The molecule has 3 heteroatoms. The molecule has 112 valence electrons. The molecular formula is C18H24N2O. The molecule has 3 atom stereocenters. The molecule has 1 aromatic rings. The Morgan fingerprint density at radius 1 is 1.43 bits per heavy atom. The van der Waals surface area contributed by atoms with E-state index in [0.717, 1.165) is 44.3 Å². The predicted molar refractivity (Wildman–Crippen MR) is 83.2 cm³/mol.